The van der Waals surface area contributed by atoms with Crippen molar-refractivity contribution in [2.45, 2.75) is 18.9 Å². The Morgan fingerprint density at radius 2 is 2.10 bits per heavy atom. The molecule has 0 bridgehead atoms. The monoisotopic (exact) mass is 287 g/mol. The lowest BCUT2D eigenvalue weighted by Gasteiger charge is -2.20. The van der Waals surface area contributed by atoms with Gasteiger partial charge in [-0.1, -0.05) is 6.07 Å². The van der Waals surface area contributed by atoms with Crippen LogP contribution >= 0.6 is 0 Å². The third kappa shape index (κ3) is 5.22. The smallest absolute Gasteiger partial charge is 0.222 e. The Hall–Kier alpha value is -1.53. The number of likely N-dealkylation sites (N-methyl/N-ethyl adjacent to an activating group) is 1. The van der Waals surface area contributed by atoms with E-state index < -0.39 is 17.7 Å². The van der Waals surface area contributed by atoms with Crippen LogP contribution in [0.2, 0.25) is 0 Å². The number of nitrogens with zero attached hydrogens (tertiary/aromatic N) is 1. The normalized spacial score (nSPS) is 12.2. The van der Waals surface area contributed by atoms with E-state index in [2.05, 4.69) is 0 Å². The molecule has 4 nitrogen and oxygen atoms in total. The predicted octanol–water partition coefficient (Wildman–Crippen LogP) is 1.36. The highest BCUT2D eigenvalue weighted by atomic mass is 19.2. The number of aryl methyl sites for hydroxylation is 1. The van der Waals surface area contributed by atoms with Crippen LogP contribution in [0.25, 0.3) is 0 Å². The molecule has 112 valence electrons. The van der Waals surface area contributed by atoms with Gasteiger partial charge in [0.05, 0.1) is 12.7 Å². The van der Waals surface area contributed by atoms with E-state index in [-0.39, 0.29) is 25.5 Å². The van der Waals surface area contributed by atoms with Gasteiger partial charge in [-0.15, -0.1) is 0 Å². The van der Waals surface area contributed by atoms with E-state index >= 15 is 0 Å². The van der Waals surface area contributed by atoms with Gasteiger partial charge in [0.25, 0.3) is 0 Å². The second kappa shape index (κ2) is 7.91. The molecule has 0 fully saturated rings. The van der Waals surface area contributed by atoms with Crippen LogP contribution in [0.5, 0.6) is 0 Å². The van der Waals surface area contributed by atoms with E-state index in [0.29, 0.717) is 12.0 Å². The van der Waals surface area contributed by atoms with E-state index in [9.17, 15) is 18.7 Å². The summed E-state index contributed by atoms with van der Waals surface area (Å²) in [6.45, 7) is 0.325. The summed E-state index contributed by atoms with van der Waals surface area (Å²) in [5, 5.41) is 9.51. The molecule has 20 heavy (non-hydrogen) atoms. The van der Waals surface area contributed by atoms with Gasteiger partial charge in [0.2, 0.25) is 5.91 Å². The molecule has 1 amide bonds. The van der Waals surface area contributed by atoms with Gasteiger partial charge in [0.1, 0.15) is 0 Å². The molecular weight excluding hydrogens is 268 g/mol. The zero-order valence-corrected chi connectivity index (χ0v) is 11.6. The Balaban J connectivity index is 2.44. The first-order valence-electron chi connectivity index (χ1n) is 6.29. The van der Waals surface area contributed by atoms with E-state index in [1.54, 1.807) is 7.05 Å². The number of aliphatic hydroxyl groups is 1. The van der Waals surface area contributed by atoms with Crippen molar-refractivity contribution in [1.29, 1.82) is 0 Å². The molecule has 0 aliphatic carbocycles. The van der Waals surface area contributed by atoms with Crippen molar-refractivity contribution in [3.63, 3.8) is 0 Å². The molecule has 1 atom stereocenters. The highest BCUT2D eigenvalue weighted by molar-refractivity contribution is 5.76. The Labute approximate surface area is 117 Å². The summed E-state index contributed by atoms with van der Waals surface area (Å²) >= 11 is 0. The average molecular weight is 287 g/mol. The number of aliphatic hydroxyl groups excluding tert-OH is 1. The predicted molar refractivity (Wildman–Crippen MR) is 70.2 cm³/mol. The summed E-state index contributed by atoms with van der Waals surface area (Å²) in [6.07, 6.45) is -0.251. The fourth-order valence-corrected chi connectivity index (χ4v) is 1.80. The maximum Gasteiger partial charge on any atom is 0.222 e. The molecule has 1 aromatic rings. The minimum atomic E-state index is -0.918. The van der Waals surface area contributed by atoms with Crippen molar-refractivity contribution in [3.8, 4) is 0 Å². The van der Waals surface area contributed by atoms with Gasteiger partial charge >= 0.3 is 0 Å². The molecule has 0 aliphatic heterocycles. The SMILES string of the molecule is COCC(O)CN(C)C(=O)CCc1ccc(F)c(F)c1. The van der Waals surface area contributed by atoms with Crippen LogP contribution < -0.4 is 0 Å². The van der Waals surface area contributed by atoms with Crippen molar-refractivity contribution in [1.82, 2.24) is 4.90 Å². The lowest BCUT2D eigenvalue weighted by Crippen LogP contribution is -2.36. The highest BCUT2D eigenvalue weighted by Crippen LogP contribution is 2.11. The minimum Gasteiger partial charge on any atom is -0.389 e. The Morgan fingerprint density at radius 3 is 2.70 bits per heavy atom. The van der Waals surface area contributed by atoms with Gasteiger partial charge < -0.3 is 14.7 Å². The Kier molecular flexibility index (Phi) is 6.54. The minimum absolute atomic E-state index is 0.154. The van der Waals surface area contributed by atoms with Crippen molar-refractivity contribution in [2.75, 3.05) is 27.3 Å². The zero-order chi connectivity index (χ0) is 15.1. The van der Waals surface area contributed by atoms with Gasteiger partial charge in [-0.05, 0) is 24.1 Å². The van der Waals surface area contributed by atoms with E-state index in [1.807, 2.05) is 0 Å². The maximum absolute atomic E-state index is 13.0. The van der Waals surface area contributed by atoms with E-state index in [0.717, 1.165) is 12.1 Å². The lowest BCUT2D eigenvalue weighted by molar-refractivity contribution is -0.131. The van der Waals surface area contributed by atoms with Crippen molar-refractivity contribution in [3.05, 3.63) is 35.4 Å². The van der Waals surface area contributed by atoms with Crippen LogP contribution in [-0.4, -0.2) is 49.3 Å². The third-order valence-electron chi connectivity index (χ3n) is 2.88. The van der Waals surface area contributed by atoms with Crippen molar-refractivity contribution in [2.24, 2.45) is 0 Å². The Bertz CT molecular complexity index is 454. The van der Waals surface area contributed by atoms with Crippen LogP contribution in [0.1, 0.15) is 12.0 Å². The summed E-state index contributed by atoms with van der Waals surface area (Å²) < 4.78 is 30.5. The Morgan fingerprint density at radius 1 is 1.40 bits per heavy atom. The summed E-state index contributed by atoms with van der Waals surface area (Å²) in [6, 6.07) is 3.58. The summed E-state index contributed by atoms with van der Waals surface area (Å²) in [5.74, 6) is -2.00. The fraction of sp³-hybridized carbons (Fsp3) is 0.500. The summed E-state index contributed by atoms with van der Waals surface area (Å²) in [4.78, 5) is 13.2. The molecule has 0 saturated carbocycles. The molecule has 0 heterocycles. The molecule has 1 N–H and O–H groups in total. The number of carbonyl (C=O) groups is 1. The topological polar surface area (TPSA) is 49.8 Å². The second-order valence-electron chi connectivity index (χ2n) is 4.63. The fourth-order valence-electron chi connectivity index (χ4n) is 1.80. The van der Waals surface area contributed by atoms with E-state index in [1.165, 1.54) is 18.1 Å². The number of rotatable bonds is 7. The van der Waals surface area contributed by atoms with Crippen LogP contribution in [0.4, 0.5) is 8.78 Å². The summed E-state index contributed by atoms with van der Waals surface area (Å²) in [7, 11) is 3.04. The van der Waals surface area contributed by atoms with Gasteiger partial charge in [-0.25, -0.2) is 8.78 Å². The van der Waals surface area contributed by atoms with Crippen molar-refractivity contribution >= 4 is 5.91 Å². The van der Waals surface area contributed by atoms with Crippen LogP contribution in [-0.2, 0) is 16.0 Å². The van der Waals surface area contributed by atoms with Crippen LogP contribution in [0, 0.1) is 11.6 Å². The van der Waals surface area contributed by atoms with Gasteiger partial charge in [0, 0.05) is 27.1 Å². The van der Waals surface area contributed by atoms with Crippen LogP contribution in [0.3, 0.4) is 0 Å². The van der Waals surface area contributed by atoms with Gasteiger partial charge in [0.15, 0.2) is 11.6 Å². The second-order valence-corrected chi connectivity index (χ2v) is 4.63. The number of carbonyl (C=O) groups excluding carboxylic acids is 1. The van der Waals surface area contributed by atoms with Gasteiger partial charge in [-0.3, -0.25) is 4.79 Å². The molecular formula is C14H19F2NO3. The summed E-state index contributed by atoms with van der Waals surface area (Å²) in [5.41, 5.74) is 0.558. The molecule has 6 heteroatoms. The quantitative estimate of drug-likeness (QED) is 0.824. The van der Waals surface area contributed by atoms with E-state index in [4.69, 9.17) is 4.74 Å². The number of halogens is 2. The molecule has 0 spiro atoms. The van der Waals surface area contributed by atoms with Gasteiger partial charge in [-0.2, -0.15) is 0 Å². The molecule has 0 aliphatic rings. The van der Waals surface area contributed by atoms with Crippen LogP contribution in [0.15, 0.2) is 18.2 Å². The standard InChI is InChI=1S/C14H19F2NO3/c1-17(8-11(18)9-20-2)14(19)6-4-10-3-5-12(15)13(16)7-10/h3,5,7,11,18H,4,6,8-9H2,1-2H3. The molecule has 0 saturated heterocycles. The number of hydrogen-bond acceptors (Lipinski definition) is 3. The van der Waals surface area contributed by atoms with Crippen molar-refractivity contribution < 1.29 is 23.4 Å². The highest BCUT2D eigenvalue weighted by Gasteiger charge is 2.14. The average Bonchev–Trinajstić information content (AvgIpc) is 2.39. The maximum atomic E-state index is 13.0. The molecule has 1 unspecified atom stereocenters. The lowest BCUT2D eigenvalue weighted by atomic mass is 10.1. The molecule has 0 radical (unpaired) electrons. The molecule has 1 rings (SSSR count). The number of ether oxygens (including phenoxy) is 1. The third-order valence-corrected chi connectivity index (χ3v) is 2.88. The first kappa shape index (κ1) is 16.5. The first-order valence-corrected chi connectivity index (χ1v) is 6.29. The number of amides is 1. The number of methoxy groups -OCH3 is 1. The number of benzene rings is 1. The largest absolute Gasteiger partial charge is 0.389 e. The molecule has 1 aromatic carbocycles. The first-order chi connectivity index (χ1) is 9.43. The number of hydrogen-bond donors (Lipinski definition) is 1. The zero-order valence-electron chi connectivity index (χ0n) is 11.6. The molecule has 0 aromatic heterocycles.